The molecule has 0 fully saturated rings. The van der Waals surface area contributed by atoms with E-state index in [1.807, 2.05) is 32.9 Å². The Balaban J connectivity index is 2.91. The summed E-state index contributed by atoms with van der Waals surface area (Å²) in [6.45, 7) is 7.43. The number of carbonyl (C=O) groups excluding carboxylic acids is 1. The lowest BCUT2D eigenvalue weighted by Gasteiger charge is -2.30. The van der Waals surface area contributed by atoms with E-state index < -0.39 is 11.7 Å². The third kappa shape index (κ3) is 6.93. The maximum atomic E-state index is 12.5. The SMILES string of the molecule is CCC(C)(C)OC(=O)N(CCO)/C(=C/CNc1cccnc1)C(C)=N. The number of allylic oxidation sites excluding steroid dienone is 1. The molecule has 0 atom stereocenters. The van der Waals surface area contributed by atoms with Gasteiger partial charge < -0.3 is 20.6 Å². The van der Waals surface area contributed by atoms with E-state index in [1.165, 1.54) is 4.90 Å². The number of amides is 1. The molecule has 0 aromatic carbocycles. The number of hydrogen-bond acceptors (Lipinski definition) is 6. The van der Waals surface area contributed by atoms with E-state index in [-0.39, 0.29) is 18.9 Å². The number of pyridine rings is 1. The van der Waals surface area contributed by atoms with Crippen molar-refractivity contribution < 1.29 is 14.6 Å². The maximum absolute atomic E-state index is 12.5. The zero-order valence-corrected chi connectivity index (χ0v) is 15.4. The smallest absolute Gasteiger partial charge is 0.414 e. The molecular formula is C18H28N4O3. The average molecular weight is 348 g/mol. The molecule has 1 aromatic rings. The molecule has 1 amide bonds. The first-order chi connectivity index (χ1) is 11.8. The van der Waals surface area contributed by atoms with Gasteiger partial charge in [0.1, 0.15) is 5.60 Å². The van der Waals surface area contributed by atoms with Crippen LogP contribution < -0.4 is 5.32 Å². The van der Waals surface area contributed by atoms with Crippen molar-refractivity contribution in [2.45, 2.75) is 39.7 Å². The van der Waals surface area contributed by atoms with Crippen molar-refractivity contribution in [1.82, 2.24) is 9.88 Å². The van der Waals surface area contributed by atoms with Gasteiger partial charge in [0.2, 0.25) is 0 Å². The first-order valence-corrected chi connectivity index (χ1v) is 8.31. The summed E-state index contributed by atoms with van der Waals surface area (Å²) in [4.78, 5) is 17.8. The van der Waals surface area contributed by atoms with Gasteiger partial charge in [-0.3, -0.25) is 9.88 Å². The quantitative estimate of drug-likeness (QED) is 0.596. The summed E-state index contributed by atoms with van der Waals surface area (Å²) < 4.78 is 5.51. The molecule has 0 radical (unpaired) electrons. The fourth-order valence-corrected chi connectivity index (χ4v) is 1.97. The summed E-state index contributed by atoms with van der Waals surface area (Å²) in [5.74, 6) is 0. The van der Waals surface area contributed by atoms with Crippen LogP contribution in [-0.4, -0.2) is 52.1 Å². The summed E-state index contributed by atoms with van der Waals surface area (Å²) in [5.41, 5.74) is 0.846. The second kappa shape index (κ2) is 9.78. The molecule has 0 bridgehead atoms. The monoisotopic (exact) mass is 348 g/mol. The molecule has 7 nitrogen and oxygen atoms in total. The van der Waals surface area contributed by atoms with Gasteiger partial charge in [-0.2, -0.15) is 0 Å². The molecule has 138 valence electrons. The van der Waals surface area contributed by atoms with Crippen LogP contribution in [0.15, 0.2) is 36.3 Å². The average Bonchev–Trinajstić information content (AvgIpc) is 2.57. The number of aliphatic hydroxyl groups is 1. The highest BCUT2D eigenvalue weighted by Gasteiger charge is 2.27. The van der Waals surface area contributed by atoms with Crippen LogP contribution in [0.4, 0.5) is 10.5 Å². The summed E-state index contributed by atoms with van der Waals surface area (Å²) >= 11 is 0. The number of carbonyl (C=O) groups is 1. The number of rotatable bonds is 9. The van der Waals surface area contributed by atoms with E-state index >= 15 is 0 Å². The third-order valence-corrected chi connectivity index (χ3v) is 3.70. The van der Waals surface area contributed by atoms with Gasteiger partial charge in [-0.1, -0.05) is 6.92 Å². The van der Waals surface area contributed by atoms with Gasteiger partial charge in [0.25, 0.3) is 0 Å². The van der Waals surface area contributed by atoms with E-state index in [0.29, 0.717) is 18.7 Å². The largest absolute Gasteiger partial charge is 0.443 e. The summed E-state index contributed by atoms with van der Waals surface area (Å²) in [7, 11) is 0. The molecule has 0 saturated carbocycles. The van der Waals surface area contributed by atoms with Gasteiger partial charge in [0, 0.05) is 18.9 Å². The van der Waals surface area contributed by atoms with E-state index in [9.17, 15) is 9.90 Å². The lowest BCUT2D eigenvalue weighted by atomic mass is 10.1. The second-order valence-corrected chi connectivity index (χ2v) is 6.19. The molecule has 0 aliphatic heterocycles. The highest BCUT2D eigenvalue weighted by molar-refractivity contribution is 5.98. The predicted molar refractivity (Wildman–Crippen MR) is 98.9 cm³/mol. The molecule has 0 aliphatic rings. The minimum atomic E-state index is -0.611. The zero-order chi connectivity index (χ0) is 18.9. The number of nitrogens with one attached hydrogen (secondary N) is 2. The minimum Gasteiger partial charge on any atom is -0.443 e. The van der Waals surface area contributed by atoms with Crippen LogP contribution in [-0.2, 0) is 4.74 Å². The number of aromatic nitrogens is 1. The van der Waals surface area contributed by atoms with Gasteiger partial charge in [0.05, 0.1) is 30.2 Å². The van der Waals surface area contributed by atoms with Crippen molar-refractivity contribution in [3.05, 3.63) is 36.3 Å². The molecule has 0 spiro atoms. The van der Waals surface area contributed by atoms with E-state index in [0.717, 1.165) is 5.69 Å². The van der Waals surface area contributed by atoms with Crippen LogP contribution in [0.3, 0.4) is 0 Å². The molecule has 7 heteroatoms. The number of hydrogen-bond donors (Lipinski definition) is 3. The molecule has 3 N–H and O–H groups in total. The van der Waals surface area contributed by atoms with E-state index in [2.05, 4.69) is 10.3 Å². The van der Waals surface area contributed by atoms with E-state index in [4.69, 9.17) is 10.1 Å². The lowest BCUT2D eigenvalue weighted by Crippen LogP contribution is -2.40. The summed E-state index contributed by atoms with van der Waals surface area (Å²) in [6, 6.07) is 3.69. The molecule has 25 heavy (non-hydrogen) atoms. The van der Waals surface area contributed by atoms with Crippen molar-refractivity contribution in [3.8, 4) is 0 Å². The van der Waals surface area contributed by atoms with Gasteiger partial charge in [0.15, 0.2) is 0 Å². The predicted octanol–water partition coefficient (Wildman–Crippen LogP) is 3.04. The van der Waals surface area contributed by atoms with Crippen molar-refractivity contribution in [2.24, 2.45) is 0 Å². The zero-order valence-electron chi connectivity index (χ0n) is 15.4. The maximum Gasteiger partial charge on any atom is 0.414 e. The Hall–Kier alpha value is -2.41. The summed E-state index contributed by atoms with van der Waals surface area (Å²) in [6.07, 6.45) is 5.19. The second-order valence-electron chi connectivity index (χ2n) is 6.19. The Morgan fingerprint density at radius 1 is 1.52 bits per heavy atom. The van der Waals surface area contributed by atoms with Gasteiger partial charge >= 0.3 is 6.09 Å². The first kappa shape index (κ1) is 20.6. The number of ether oxygens (including phenoxy) is 1. The van der Waals surface area contributed by atoms with Gasteiger partial charge in [-0.25, -0.2) is 4.79 Å². The Morgan fingerprint density at radius 3 is 2.76 bits per heavy atom. The Kier molecular flexibility index (Phi) is 8.07. The Labute approximate surface area is 149 Å². The standard InChI is InChI=1S/C18H28N4O3/c1-5-18(3,4)25-17(24)22(11-12-23)16(14(2)19)8-10-21-15-7-6-9-20-13-15/h6-9,13,19,21,23H,5,10-12H2,1-4H3/b16-8+,19-14?. The minimum absolute atomic E-state index is 0.0631. The van der Waals surface area contributed by atoms with Crippen molar-refractivity contribution in [3.63, 3.8) is 0 Å². The first-order valence-electron chi connectivity index (χ1n) is 8.31. The van der Waals surface area contributed by atoms with Crippen LogP contribution in [0, 0.1) is 5.41 Å². The van der Waals surface area contributed by atoms with Crippen LogP contribution >= 0.6 is 0 Å². The van der Waals surface area contributed by atoms with Crippen LogP contribution in [0.2, 0.25) is 0 Å². The Morgan fingerprint density at radius 2 is 2.24 bits per heavy atom. The molecule has 0 aliphatic carbocycles. The van der Waals surface area contributed by atoms with Crippen LogP contribution in [0.5, 0.6) is 0 Å². The van der Waals surface area contributed by atoms with Crippen molar-refractivity contribution in [1.29, 1.82) is 5.41 Å². The lowest BCUT2D eigenvalue weighted by molar-refractivity contribution is 0.0158. The van der Waals surface area contributed by atoms with Gasteiger partial charge in [-0.05, 0) is 45.4 Å². The fourth-order valence-electron chi connectivity index (χ4n) is 1.97. The van der Waals surface area contributed by atoms with E-state index in [1.54, 1.807) is 25.4 Å². The normalized spacial score (nSPS) is 11.8. The Bertz CT molecular complexity index is 600. The van der Waals surface area contributed by atoms with Gasteiger partial charge in [-0.15, -0.1) is 0 Å². The topological polar surface area (TPSA) is 98.5 Å². The summed E-state index contributed by atoms with van der Waals surface area (Å²) in [5, 5.41) is 20.4. The highest BCUT2D eigenvalue weighted by atomic mass is 16.6. The molecule has 0 unspecified atom stereocenters. The molecule has 1 heterocycles. The third-order valence-electron chi connectivity index (χ3n) is 3.70. The van der Waals surface area contributed by atoms with Crippen LogP contribution in [0.1, 0.15) is 34.1 Å². The van der Waals surface area contributed by atoms with Crippen molar-refractivity contribution in [2.75, 3.05) is 25.0 Å². The number of anilines is 1. The molecule has 1 aromatic heterocycles. The molecule has 0 saturated heterocycles. The number of nitrogens with zero attached hydrogens (tertiary/aromatic N) is 2. The molecule has 1 rings (SSSR count). The van der Waals surface area contributed by atoms with Crippen molar-refractivity contribution >= 4 is 17.5 Å². The molecular weight excluding hydrogens is 320 g/mol. The number of aliphatic hydroxyl groups excluding tert-OH is 1. The highest BCUT2D eigenvalue weighted by Crippen LogP contribution is 2.18. The fraction of sp³-hybridized carbons (Fsp3) is 0.500. The van der Waals surface area contributed by atoms with Crippen LogP contribution in [0.25, 0.3) is 0 Å².